The van der Waals surface area contributed by atoms with E-state index in [-0.39, 0.29) is 5.57 Å². The van der Waals surface area contributed by atoms with Gasteiger partial charge in [0.05, 0.1) is 11.9 Å². The van der Waals surface area contributed by atoms with Crippen molar-refractivity contribution in [3.63, 3.8) is 0 Å². The van der Waals surface area contributed by atoms with Crippen molar-refractivity contribution in [3.8, 4) is 6.07 Å². The second-order valence-electron chi connectivity index (χ2n) is 4.47. The number of hydrogen-bond donors (Lipinski definition) is 2. The van der Waals surface area contributed by atoms with Gasteiger partial charge in [-0.05, 0) is 36.8 Å². The van der Waals surface area contributed by atoms with Crippen molar-refractivity contribution < 1.29 is 4.79 Å². The minimum atomic E-state index is -0.510. The molecule has 0 bridgehead atoms. The number of anilines is 2. The van der Waals surface area contributed by atoms with E-state index in [9.17, 15) is 4.79 Å². The van der Waals surface area contributed by atoms with Crippen LogP contribution in [0.2, 0.25) is 5.02 Å². The van der Waals surface area contributed by atoms with Crippen LogP contribution in [-0.4, -0.2) is 10.9 Å². The van der Waals surface area contributed by atoms with Gasteiger partial charge in [0.1, 0.15) is 11.6 Å². The third-order valence-corrected chi connectivity index (χ3v) is 3.09. The topological polar surface area (TPSA) is 77.8 Å². The average molecular weight is 313 g/mol. The number of halogens is 1. The van der Waals surface area contributed by atoms with Gasteiger partial charge in [-0.3, -0.25) is 9.78 Å². The third-order valence-electron chi connectivity index (χ3n) is 2.86. The number of hydrogen-bond acceptors (Lipinski definition) is 4. The van der Waals surface area contributed by atoms with E-state index < -0.39 is 5.91 Å². The Morgan fingerprint density at radius 2 is 2.23 bits per heavy atom. The molecule has 0 unspecified atom stereocenters. The van der Waals surface area contributed by atoms with E-state index >= 15 is 0 Å². The number of nitriles is 1. The molecule has 6 heteroatoms. The van der Waals surface area contributed by atoms with Gasteiger partial charge in [-0.15, -0.1) is 0 Å². The van der Waals surface area contributed by atoms with Gasteiger partial charge < -0.3 is 10.6 Å². The van der Waals surface area contributed by atoms with Crippen LogP contribution in [0.4, 0.5) is 11.4 Å². The maximum absolute atomic E-state index is 12.1. The standard InChI is InChI=1S/C16H13ClN4O/c1-11-4-5-13(17)7-15(11)21-16(22)12(8-18)9-20-14-3-2-6-19-10-14/h2-7,9-10,20H,1H3,(H,21,22)/b12-9-. The van der Waals surface area contributed by atoms with Crippen molar-refractivity contribution in [1.29, 1.82) is 5.26 Å². The Hall–Kier alpha value is -2.84. The summed E-state index contributed by atoms with van der Waals surface area (Å²) in [6.45, 7) is 1.84. The highest BCUT2D eigenvalue weighted by Gasteiger charge is 2.11. The second kappa shape index (κ2) is 7.25. The Labute approximate surface area is 133 Å². The second-order valence-corrected chi connectivity index (χ2v) is 4.91. The molecule has 2 aromatic rings. The number of aryl methyl sites for hydroxylation is 1. The largest absolute Gasteiger partial charge is 0.359 e. The zero-order chi connectivity index (χ0) is 15.9. The molecule has 0 spiro atoms. The van der Waals surface area contributed by atoms with Crippen LogP contribution in [0.5, 0.6) is 0 Å². The number of benzene rings is 1. The van der Waals surface area contributed by atoms with Crippen LogP contribution < -0.4 is 10.6 Å². The molecule has 110 valence electrons. The van der Waals surface area contributed by atoms with E-state index in [1.165, 1.54) is 6.20 Å². The summed E-state index contributed by atoms with van der Waals surface area (Å²) in [6, 6.07) is 10.5. The Kier molecular flexibility index (Phi) is 5.12. The predicted octanol–water partition coefficient (Wildman–Crippen LogP) is 3.50. The molecular formula is C16H13ClN4O. The molecule has 1 heterocycles. The lowest BCUT2D eigenvalue weighted by Crippen LogP contribution is -2.15. The molecular weight excluding hydrogens is 300 g/mol. The fourth-order valence-electron chi connectivity index (χ4n) is 1.67. The Bertz CT molecular complexity index is 750. The van der Waals surface area contributed by atoms with Crippen LogP contribution in [0.3, 0.4) is 0 Å². The van der Waals surface area contributed by atoms with Gasteiger partial charge in [-0.1, -0.05) is 17.7 Å². The summed E-state index contributed by atoms with van der Waals surface area (Å²) in [5.74, 6) is -0.510. The van der Waals surface area contributed by atoms with Gasteiger partial charge in [0.2, 0.25) is 0 Å². The van der Waals surface area contributed by atoms with Crippen LogP contribution >= 0.6 is 11.6 Å². The number of nitrogens with one attached hydrogen (secondary N) is 2. The van der Waals surface area contributed by atoms with Crippen molar-refractivity contribution in [3.05, 3.63) is 65.1 Å². The quantitative estimate of drug-likeness (QED) is 0.669. The van der Waals surface area contributed by atoms with Gasteiger partial charge in [0.15, 0.2) is 0 Å². The Morgan fingerprint density at radius 3 is 2.91 bits per heavy atom. The smallest absolute Gasteiger partial charge is 0.267 e. The number of rotatable bonds is 4. The molecule has 2 N–H and O–H groups in total. The van der Waals surface area contributed by atoms with Crippen LogP contribution in [0.15, 0.2) is 54.5 Å². The minimum Gasteiger partial charge on any atom is -0.359 e. The molecule has 5 nitrogen and oxygen atoms in total. The molecule has 0 atom stereocenters. The lowest BCUT2D eigenvalue weighted by atomic mass is 10.2. The normalized spacial score (nSPS) is 10.7. The van der Waals surface area contributed by atoms with Crippen molar-refractivity contribution in [2.45, 2.75) is 6.92 Å². The van der Waals surface area contributed by atoms with Crippen LogP contribution in [-0.2, 0) is 4.79 Å². The van der Waals surface area contributed by atoms with Crippen molar-refractivity contribution >= 4 is 28.9 Å². The van der Waals surface area contributed by atoms with Gasteiger partial charge in [-0.2, -0.15) is 5.26 Å². The SMILES string of the molecule is Cc1ccc(Cl)cc1NC(=O)/C(C#N)=C\Nc1cccnc1. The monoisotopic (exact) mass is 312 g/mol. The van der Waals surface area contributed by atoms with E-state index in [2.05, 4.69) is 15.6 Å². The van der Waals surface area contributed by atoms with Crippen molar-refractivity contribution in [1.82, 2.24) is 4.98 Å². The molecule has 1 aromatic carbocycles. The molecule has 0 aliphatic rings. The molecule has 0 saturated carbocycles. The highest BCUT2D eigenvalue weighted by molar-refractivity contribution is 6.31. The Balaban J connectivity index is 2.12. The summed E-state index contributed by atoms with van der Waals surface area (Å²) in [5, 5.41) is 15.1. The first kappa shape index (κ1) is 15.5. The van der Waals surface area contributed by atoms with E-state index in [1.54, 1.807) is 42.7 Å². The predicted molar refractivity (Wildman–Crippen MR) is 86.4 cm³/mol. The molecule has 22 heavy (non-hydrogen) atoms. The van der Waals surface area contributed by atoms with Crippen molar-refractivity contribution in [2.75, 3.05) is 10.6 Å². The summed E-state index contributed by atoms with van der Waals surface area (Å²) in [5.41, 5.74) is 2.06. The molecule has 1 amide bonds. The first-order valence-electron chi connectivity index (χ1n) is 6.44. The zero-order valence-electron chi connectivity index (χ0n) is 11.8. The van der Waals surface area contributed by atoms with Gasteiger partial charge in [0, 0.05) is 23.1 Å². The average Bonchev–Trinajstić information content (AvgIpc) is 2.52. The number of carbonyl (C=O) groups is 1. The Morgan fingerprint density at radius 1 is 1.41 bits per heavy atom. The van der Waals surface area contributed by atoms with Gasteiger partial charge in [0.25, 0.3) is 5.91 Å². The number of carbonyl (C=O) groups excluding carboxylic acids is 1. The summed E-state index contributed by atoms with van der Waals surface area (Å²) >= 11 is 5.90. The first-order valence-corrected chi connectivity index (χ1v) is 6.82. The minimum absolute atomic E-state index is 0.0526. The summed E-state index contributed by atoms with van der Waals surface area (Å²) < 4.78 is 0. The molecule has 1 aromatic heterocycles. The van der Waals surface area contributed by atoms with Gasteiger partial charge >= 0.3 is 0 Å². The maximum atomic E-state index is 12.1. The number of aromatic nitrogens is 1. The number of pyridine rings is 1. The van der Waals surface area contributed by atoms with Crippen LogP contribution in [0.1, 0.15) is 5.56 Å². The lowest BCUT2D eigenvalue weighted by molar-refractivity contribution is -0.112. The van der Waals surface area contributed by atoms with E-state index in [1.807, 2.05) is 13.0 Å². The third kappa shape index (κ3) is 4.08. The molecule has 0 aliphatic carbocycles. The first-order chi connectivity index (χ1) is 10.6. The van der Waals surface area contributed by atoms with E-state index in [4.69, 9.17) is 16.9 Å². The summed E-state index contributed by atoms with van der Waals surface area (Å²) in [4.78, 5) is 16.1. The molecule has 0 aliphatic heterocycles. The van der Waals surface area contributed by atoms with Gasteiger partial charge in [-0.25, -0.2) is 0 Å². The highest BCUT2D eigenvalue weighted by atomic mass is 35.5. The molecule has 2 rings (SSSR count). The fourth-order valence-corrected chi connectivity index (χ4v) is 1.84. The highest BCUT2D eigenvalue weighted by Crippen LogP contribution is 2.20. The van der Waals surface area contributed by atoms with E-state index in [0.717, 1.165) is 5.56 Å². The lowest BCUT2D eigenvalue weighted by Gasteiger charge is -2.08. The van der Waals surface area contributed by atoms with E-state index in [0.29, 0.717) is 16.4 Å². The number of nitrogens with zero attached hydrogens (tertiary/aromatic N) is 2. The summed E-state index contributed by atoms with van der Waals surface area (Å²) in [6.07, 6.45) is 4.56. The zero-order valence-corrected chi connectivity index (χ0v) is 12.6. The maximum Gasteiger partial charge on any atom is 0.267 e. The van der Waals surface area contributed by atoms with Crippen LogP contribution in [0, 0.1) is 18.3 Å². The molecule has 0 saturated heterocycles. The number of amides is 1. The fraction of sp³-hybridized carbons (Fsp3) is 0.0625. The summed E-state index contributed by atoms with van der Waals surface area (Å²) in [7, 11) is 0. The molecule has 0 fully saturated rings. The van der Waals surface area contributed by atoms with Crippen molar-refractivity contribution in [2.24, 2.45) is 0 Å². The van der Waals surface area contributed by atoms with Crippen LogP contribution in [0.25, 0.3) is 0 Å². The molecule has 0 radical (unpaired) electrons.